The van der Waals surface area contributed by atoms with E-state index >= 15 is 0 Å². The van der Waals surface area contributed by atoms with E-state index in [1.54, 1.807) is 0 Å². The van der Waals surface area contributed by atoms with Crippen LogP contribution < -0.4 is 0 Å². The van der Waals surface area contributed by atoms with Gasteiger partial charge < -0.3 is 14.3 Å². The van der Waals surface area contributed by atoms with Crippen molar-refractivity contribution in [2.75, 3.05) is 20.5 Å². The van der Waals surface area contributed by atoms with Gasteiger partial charge in [-0.15, -0.1) is 11.8 Å². The van der Waals surface area contributed by atoms with E-state index in [-0.39, 0.29) is 6.61 Å². The number of rotatable bonds is 7. The minimum absolute atomic E-state index is 0.213. The number of oxime groups is 1. The average Bonchev–Trinajstić information content (AvgIpc) is 2.70. The maximum Gasteiger partial charge on any atom is 0.341 e. The van der Waals surface area contributed by atoms with Crippen molar-refractivity contribution in [2.24, 2.45) is 5.16 Å². The van der Waals surface area contributed by atoms with Crippen LogP contribution >= 0.6 is 11.8 Å². The van der Waals surface area contributed by atoms with Crippen LogP contribution in [0, 0.1) is 0 Å². The van der Waals surface area contributed by atoms with Crippen LogP contribution in [0.15, 0.2) is 66.0 Å². The minimum Gasteiger partial charge on any atom is -0.503 e. The lowest BCUT2D eigenvalue weighted by Crippen LogP contribution is -2.07. The number of methoxy groups -OCH3 is 2. The molecule has 0 aliphatic rings. The molecule has 0 unspecified atom stereocenters. The summed E-state index contributed by atoms with van der Waals surface area (Å²) in [6.07, 6.45) is 3.31. The van der Waals surface area contributed by atoms with Crippen LogP contribution in [0.3, 0.4) is 0 Å². The lowest BCUT2D eigenvalue weighted by atomic mass is 10.0. The van der Waals surface area contributed by atoms with Crippen molar-refractivity contribution < 1.29 is 19.1 Å². The van der Waals surface area contributed by atoms with Crippen molar-refractivity contribution in [3.63, 3.8) is 0 Å². The number of esters is 1. The summed E-state index contributed by atoms with van der Waals surface area (Å²) in [5.74, 6) is -0.475. The fourth-order valence-corrected chi connectivity index (χ4v) is 2.81. The molecule has 136 valence electrons. The Morgan fingerprint density at radius 3 is 2.42 bits per heavy atom. The molecule has 5 nitrogen and oxygen atoms in total. The smallest absolute Gasteiger partial charge is 0.341 e. The standard InChI is InChI=1S/C20H21NO4S/c1-23-14-18(20(22)24-2)17-12-8-7-11-16(17)13-25-21-19(26-3)15-9-5-4-6-10-15/h4-12,14H,13H2,1-3H3. The highest BCUT2D eigenvalue weighted by molar-refractivity contribution is 8.13. The molecule has 2 aromatic rings. The van der Waals surface area contributed by atoms with Crippen LogP contribution in [0.25, 0.3) is 5.57 Å². The summed E-state index contributed by atoms with van der Waals surface area (Å²) in [5, 5.41) is 5.01. The average molecular weight is 371 g/mol. The summed E-state index contributed by atoms with van der Waals surface area (Å²) in [4.78, 5) is 17.6. The molecule has 0 aliphatic carbocycles. The quantitative estimate of drug-likeness (QED) is 0.183. The van der Waals surface area contributed by atoms with E-state index in [0.29, 0.717) is 11.1 Å². The van der Waals surface area contributed by atoms with Crippen molar-refractivity contribution >= 4 is 28.3 Å². The zero-order valence-electron chi connectivity index (χ0n) is 15.0. The third kappa shape index (κ3) is 5.13. The summed E-state index contributed by atoms with van der Waals surface area (Å²) < 4.78 is 9.85. The summed E-state index contributed by atoms with van der Waals surface area (Å²) in [6.45, 7) is 0.213. The highest BCUT2D eigenvalue weighted by Crippen LogP contribution is 2.22. The fraction of sp³-hybridized carbons (Fsp3) is 0.200. The summed E-state index contributed by atoms with van der Waals surface area (Å²) in [5.41, 5.74) is 2.80. The van der Waals surface area contributed by atoms with Crippen molar-refractivity contribution in [1.82, 2.24) is 0 Å². The Bertz CT molecular complexity index is 787. The first-order valence-corrected chi connectivity index (χ1v) is 9.12. The first-order valence-electron chi connectivity index (χ1n) is 7.90. The highest BCUT2D eigenvalue weighted by atomic mass is 32.2. The number of ether oxygens (including phenoxy) is 2. The molecule has 0 saturated heterocycles. The second kappa shape index (κ2) is 10.3. The summed E-state index contributed by atoms with van der Waals surface area (Å²) >= 11 is 1.50. The number of carbonyl (C=O) groups excluding carboxylic acids is 1. The second-order valence-electron chi connectivity index (χ2n) is 5.16. The molecule has 0 aliphatic heterocycles. The molecule has 0 amide bonds. The predicted octanol–water partition coefficient (Wildman–Crippen LogP) is 4.09. The maximum atomic E-state index is 12.0. The zero-order chi connectivity index (χ0) is 18.8. The van der Waals surface area contributed by atoms with E-state index in [1.165, 1.54) is 32.2 Å². The molecule has 0 fully saturated rings. The summed E-state index contributed by atoms with van der Waals surface area (Å²) in [6, 6.07) is 17.2. The van der Waals surface area contributed by atoms with E-state index in [9.17, 15) is 4.79 Å². The normalized spacial score (nSPS) is 11.8. The predicted molar refractivity (Wildman–Crippen MR) is 105 cm³/mol. The van der Waals surface area contributed by atoms with Gasteiger partial charge in [0.15, 0.2) is 0 Å². The van der Waals surface area contributed by atoms with Gasteiger partial charge in [-0.1, -0.05) is 59.8 Å². The monoisotopic (exact) mass is 371 g/mol. The molecule has 0 saturated carbocycles. The van der Waals surface area contributed by atoms with Crippen molar-refractivity contribution in [3.8, 4) is 0 Å². The molecule has 0 spiro atoms. The third-order valence-corrected chi connectivity index (χ3v) is 4.23. The van der Waals surface area contributed by atoms with Gasteiger partial charge in [-0.2, -0.15) is 0 Å². The van der Waals surface area contributed by atoms with E-state index in [1.807, 2.05) is 60.9 Å². The molecular weight excluding hydrogens is 350 g/mol. The van der Waals surface area contributed by atoms with E-state index in [0.717, 1.165) is 16.2 Å². The van der Waals surface area contributed by atoms with Gasteiger partial charge in [0.1, 0.15) is 17.2 Å². The Balaban J connectivity index is 2.21. The highest BCUT2D eigenvalue weighted by Gasteiger charge is 2.16. The van der Waals surface area contributed by atoms with E-state index in [2.05, 4.69) is 5.16 Å². The van der Waals surface area contributed by atoms with Gasteiger partial charge in [0.05, 0.1) is 20.5 Å². The molecule has 0 N–H and O–H groups in total. The van der Waals surface area contributed by atoms with Gasteiger partial charge in [0.2, 0.25) is 0 Å². The van der Waals surface area contributed by atoms with Crippen LogP contribution in [0.2, 0.25) is 0 Å². The Labute approximate surface area is 157 Å². The lowest BCUT2D eigenvalue weighted by Gasteiger charge is -2.11. The molecule has 0 atom stereocenters. The van der Waals surface area contributed by atoms with Crippen molar-refractivity contribution in [3.05, 3.63) is 77.5 Å². The molecule has 6 heteroatoms. The Morgan fingerprint density at radius 2 is 1.77 bits per heavy atom. The van der Waals surface area contributed by atoms with Gasteiger partial charge in [-0.25, -0.2) is 4.79 Å². The summed E-state index contributed by atoms with van der Waals surface area (Å²) in [7, 11) is 2.82. The van der Waals surface area contributed by atoms with E-state index < -0.39 is 5.97 Å². The van der Waals surface area contributed by atoms with Crippen LogP contribution in [0.4, 0.5) is 0 Å². The largest absolute Gasteiger partial charge is 0.503 e. The van der Waals surface area contributed by atoms with Gasteiger partial charge in [-0.05, 0) is 11.8 Å². The maximum absolute atomic E-state index is 12.0. The number of hydrogen-bond donors (Lipinski definition) is 0. The van der Waals surface area contributed by atoms with Crippen LogP contribution in [0.5, 0.6) is 0 Å². The fourth-order valence-electron chi connectivity index (χ4n) is 2.31. The Hall–Kier alpha value is -2.73. The number of hydrogen-bond acceptors (Lipinski definition) is 6. The number of benzene rings is 2. The molecule has 2 rings (SSSR count). The van der Waals surface area contributed by atoms with Crippen LogP contribution in [-0.2, 0) is 25.7 Å². The van der Waals surface area contributed by atoms with Crippen LogP contribution in [0.1, 0.15) is 16.7 Å². The Kier molecular flexibility index (Phi) is 7.76. The first-order chi connectivity index (χ1) is 12.7. The molecule has 26 heavy (non-hydrogen) atoms. The van der Waals surface area contributed by atoms with Crippen molar-refractivity contribution in [1.29, 1.82) is 0 Å². The number of nitrogens with zero attached hydrogens (tertiary/aromatic N) is 1. The SMILES string of the molecule is COC=C(C(=O)OC)c1ccccc1CON=C(SC)c1ccccc1. The molecule has 0 heterocycles. The second-order valence-corrected chi connectivity index (χ2v) is 5.95. The Morgan fingerprint density at radius 1 is 1.08 bits per heavy atom. The van der Waals surface area contributed by atoms with Gasteiger partial charge >= 0.3 is 5.97 Å². The molecule has 0 aromatic heterocycles. The van der Waals surface area contributed by atoms with Gasteiger partial charge in [0, 0.05) is 11.1 Å². The lowest BCUT2D eigenvalue weighted by molar-refractivity contribution is -0.133. The molecule has 0 bridgehead atoms. The van der Waals surface area contributed by atoms with E-state index in [4.69, 9.17) is 14.3 Å². The van der Waals surface area contributed by atoms with Gasteiger partial charge in [0.25, 0.3) is 0 Å². The number of thioether (sulfide) groups is 1. The van der Waals surface area contributed by atoms with Gasteiger partial charge in [-0.3, -0.25) is 0 Å². The minimum atomic E-state index is -0.475. The third-order valence-electron chi connectivity index (χ3n) is 3.53. The van der Waals surface area contributed by atoms with Crippen LogP contribution in [-0.4, -0.2) is 31.5 Å². The zero-order valence-corrected chi connectivity index (χ0v) is 15.8. The topological polar surface area (TPSA) is 57.1 Å². The molecular formula is C20H21NO4S. The first kappa shape index (κ1) is 19.6. The molecule has 0 radical (unpaired) electrons. The van der Waals surface area contributed by atoms with Crippen molar-refractivity contribution in [2.45, 2.75) is 6.61 Å². The number of carbonyl (C=O) groups is 1. The molecule has 2 aromatic carbocycles.